The SMILES string of the molecule is C=Cc1ccc(Cc2cc3c(c(=CC)c2=CC)CN(C2CCCCC2O)C3=O)cn1. The van der Waals surface area contributed by atoms with E-state index in [9.17, 15) is 9.90 Å². The van der Waals surface area contributed by atoms with Crippen LogP contribution in [0.1, 0.15) is 72.3 Å². The topological polar surface area (TPSA) is 53.4 Å². The van der Waals surface area contributed by atoms with Crippen LogP contribution in [0.2, 0.25) is 0 Å². The Labute approximate surface area is 178 Å². The van der Waals surface area contributed by atoms with Gasteiger partial charge in [0.15, 0.2) is 0 Å². The minimum Gasteiger partial charge on any atom is -0.391 e. The molecule has 2 unspecified atom stereocenters. The van der Waals surface area contributed by atoms with Crippen LogP contribution in [0.4, 0.5) is 0 Å². The number of rotatable bonds is 4. The fourth-order valence-corrected chi connectivity index (χ4v) is 5.00. The van der Waals surface area contributed by atoms with Crippen LogP contribution in [0.15, 0.2) is 31.0 Å². The molecule has 0 spiro atoms. The minimum atomic E-state index is -0.419. The highest BCUT2D eigenvalue weighted by molar-refractivity contribution is 5.99. The lowest BCUT2D eigenvalue weighted by molar-refractivity contribution is 0.0191. The maximum absolute atomic E-state index is 13.4. The molecule has 2 heterocycles. The summed E-state index contributed by atoms with van der Waals surface area (Å²) in [5.41, 5.74) is 4.98. The molecule has 1 aliphatic carbocycles. The Kier molecular flexibility index (Phi) is 5.87. The van der Waals surface area contributed by atoms with E-state index in [0.717, 1.165) is 65.3 Å². The Balaban J connectivity index is 1.75. The molecule has 0 radical (unpaired) electrons. The molecule has 0 saturated heterocycles. The molecule has 1 aliphatic heterocycles. The zero-order valence-electron chi connectivity index (χ0n) is 17.9. The molecule has 0 bridgehead atoms. The van der Waals surface area contributed by atoms with Crippen molar-refractivity contribution in [3.05, 3.63) is 69.4 Å². The molecule has 4 heteroatoms. The van der Waals surface area contributed by atoms with Crippen LogP contribution in [0, 0.1) is 0 Å². The number of aliphatic hydroxyl groups excluding tert-OH is 1. The van der Waals surface area contributed by atoms with E-state index in [1.165, 1.54) is 5.22 Å². The van der Waals surface area contributed by atoms with Gasteiger partial charge in [-0.1, -0.05) is 37.6 Å². The molecule has 1 amide bonds. The normalized spacial score (nSPS) is 22.5. The molecule has 1 aromatic heterocycles. The lowest BCUT2D eigenvalue weighted by atomic mass is 9.91. The third kappa shape index (κ3) is 3.61. The second kappa shape index (κ2) is 8.57. The first-order valence-corrected chi connectivity index (χ1v) is 10.9. The van der Waals surface area contributed by atoms with Gasteiger partial charge < -0.3 is 10.0 Å². The van der Waals surface area contributed by atoms with Gasteiger partial charge in [-0.2, -0.15) is 0 Å². The van der Waals surface area contributed by atoms with Crippen LogP contribution in [0.25, 0.3) is 18.2 Å². The zero-order valence-corrected chi connectivity index (χ0v) is 17.9. The molecular formula is C26H30N2O2. The average molecular weight is 403 g/mol. The Morgan fingerprint density at radius 2 is 1.97 bits per heavy atom. The van der Waals surface area contributed by atoms with Gasteiger partial charge in [0, 0.05) is 18.3 Å². The van der Waals surface area contributed by atoms with Gasteiger partial charge in [0.1, 0.15) is 0 Å². The molecule has 30 heavy (non-hydrogen) atoms. The quantitative estimate of drug-likeness (QED) is 0.855. The molecule has 2 aliphatic rings. The number of nitrogens with zero attached hydrogens (tertiary/aromatic N) is 2. The predicted octanol–water partition coefficient (Wildman–Crippen LogP) is 3.18. The average Bonchev–Trinajstić information content (AvgIpc) is 3.09. The Bertz CT molecular complexity index is 1090. The number of amides is 1. The third-order valence-electron chi connectivity index (χ3n) is 6.55. The molecular weight excluding hydrogens is 372 g/mol. The monoisotopic (exact) mass is 402 g/mol. The summed E-state index contributed by atoms with van der Waals surface area (Å²) >= 11 is 0. The highest BCUT2D eigenvalue weighted by Crippen LogP contribution is 2.30. The van der Waals surface area contributed by atoms with Crippen molar-refractivity contribution in [1.29, 1.82) is 0 Å². The van der Waals surface area contributed by atoms with Gasteiger partial charge in [0.05, 0.1) is 17.8 Å². The van der Waals surface area contributed by atoms with Gasteiger partial charge in [-0.3, -0.25) is 9.78 Å². The van der Waals surface area contributed by atoms with Gasteiger partial charge in [-0.15, -0.1) is 0 Å². The molecule has 2 atom stereocenters. The van der Waals surface area contributed by atoms with Gasteiger partial charge in [0.25, 0.3) is 5.91 Å². The van der Waals surface area contributed by atoms with Crippen molar-refractivity contribution in [1.82, 2.24) is 9.88 Å². The smallest absolute Gasteiger partial charge is 0.254 e. The number of carbonyl (C=O) groups is 1. The Morgan fingerprint density at radius 1 is 1.20 bits per heavy atom. The predicted molar refractivity (Wildman–Crippen MR) is 121 cm³/mol. The summed E-state index contributed by atoms with van der Waals surface area (Å²) in [6.45, 7) is 8.44. The molecule has 1 fully saturated rings. The number of hydrogen-bond donors (Lipinski definition) is 1. The highest BCUT2D eigenvalue weighted by atomic mass is 16.3. The molecule has 1 aromatic carbocycles. The first-order valence-electron chi connectivity index (χ1n) is 10.9. The molecule has 1 N–H and O–H groups in total. The lowest BCUT2D eigenvalue weighted by Crippen LogP contribution is -2.45. The standard InChI is InChI=1S/C26H30N2O2/c1-4-19-12-11-17(15-27-19)13-18-14-22-23(21(6-3)20(18)5-2)16-28(26(22)30)24-9-7-8-10-25(24)29/h4-6,11-12,14-15,24-25,29H,1,7-10,13,16H2,2-3H3. The van der Waals surface area contributed by atoms with Crippen LogP contribution < -0.4 is 10.4 Å². The van der Waals surface area contributed by atoms with E-state index >= 15 is 0 Å². The number of aliphatic hydroxyl groups is 1. The number of aromatic nitrogens is 1. The van der Waals surface area contributed by atoms with Crippen molar-refractivity contribution in [3.63, 3.8) is 0 Å². The molecule has 4 nitrogen and oxygen atoms in total. The number of carbonyl (C=O) groups excluding carboxylic acids is 1. The summed E-state index contributed by atoms with van der Waals surface area (Å²) in [7, 11) is 0. The van der Waals surface area contributed by atoms with Crippen LogP contribution in [-0.4, -0.2) is 33.0 Å². The second-order valence-corrected chi connectivity index (χ2v) is 8.29. The summed E-state index contributed by atoms with van der Waals surface area (Å²) < 4.78 is 0. The van der Waals surface area contributed by atoms with Crippen molar-refractivity contribution in [2.45, 2.75) is 64.6 Å². The van der Waals surface area contributed by atoms with Crippen molar-refractivity contribution < 1.29 is 9.90 Å². The van der Waals surface area contributed by atoms with E-state index in [4.69, 9.17) is 0 Å². The summed E-state index contributed by atoms with van der Waals surface area (Å²) in [6.07, 6.45) is 11.9. The molecule has 156 valence electrons. The second-order valence-electron chi connectivity index (χ2n) is 8.29. The molecule has 4 rings (SSSR count). The van der Waals surface area contributed by atoms with E-state index in [-0.39, 0.29) is 11.9 Å². The summed E-state index contributed by atoms with van der Waals surface area (Å²) in [5, 5.41) is 12.8. The van der Waals surface area contributed by atoms with E-state index in [1.54, 1.807) is 6.08 Å². The zero-order chi connectivity index (χ0) is 21.3. The van der Waals surface area contributed by atoms with Gasteiger partial charge in [-0.05, 0) is 78.4 Å². The van der Waals surface area contributed by atoms with Crippen LogP contribution >= 0.6 is 0 Å². The summed E-state index contributed by atoms with van der Waals surface area (Å²) in [6, 6.07) is 6.03. The fraction of sp³-hybridized carbons (Fsp3) is 0.385. The highest BCUT2D eigenvalue weighted by Gasteiger charge is 2.38. The fourth-order valence-electron chi connectivity index (χ4n) is 5.00. The third-order valence-corrected chi connectivity index (χ3v) is 6.55. The first kappa shape index (κ1) is 20.5. The lowest BCUT2D eigenvalue weighted by Gasteiger charge is -2.35. The number of fused-ring (bicyclic) bond motifs is 1. The maximum atomic E-state index is 13.4. The van der Waals surface area contributed by atoms with Crippen molar-refractivity contribution in [2.24, 2.45) is 0 Å². The largest absolute Gasteiger partial charge is 0.391 e. The molecule has 1 saturated carbocycles. The van der Waals surface area contributed by atoms with Gasteiger partial charge in [0.2, 0.25) is 0 Å². The van der Waals surface area contributed by atoms with Gasteiger partial charge in [-0.25, -0.2) is 0 Å². The summed E-state index contributed by atoms with van der Waals surface area (Å²) in [4.78, 5) is 19.7. The minimum absolute atomic E-state index is 0.0584. The number of pyridine rings is 1. The first-order chi connectivity index (χ1) is 14.6. The number of benzene rings is 1. The maximum Gasteiger partial charge on any atom is 0.254 e. The van der Waals surface area contributed by atoms with E-state index in [0.29, 0.717) is 6.54 Å². The summed E-state index contributed by atoms with van der Waals surface area (Å²) in [5.74, 6) is 0.0584. The van der Waals surface area contributed by atoms with Crippen molar-refractivity contribution >= 4 is 24.1 Å². The number of hydrogen-bond acceptors (Lipinski definition) is 3. The van der Waals surface area contributed by atoms with E-state index in [2.05, 4.69) is 42.8 Å². The van der Waals surface area contributed by atoms with Crippen LogP contribution in [0.3, 0.4) is 0 Å². The van der Waals surface area contributed by atoms with E-state index < -0.39 is 6.10 Å². The van der Waals surface area contributed by atoms with Crippen LogP contribution in [-0.2, 0) is 13.0 Å². The Morgan fingerprint density at radius 3 is 2.60 bits per heavy atom. The van der Waals surface area contributed by atoms with Crippen molar-refractivity contribution in [2.75, 3.05) is 0 Å². The molecule has 2 aromatic rings. The van der Waals surface area contributed by atoms with Crippen molar-refractivity contribution in [3.8, 4) is 0 Å². The van der Waals surface area contributed by atoms with Gasteiger partial charge >= 0.3 is 0 Å². The van der Waals surface area contributed by atoms with E-state index in [1.807, 2.05) is 24.1 Å². The Hall–Kier alpha value is -2.72. The van der Waals surface area contributed by atoms with Crippen LogP contribution in [0.5, 0.6) is 0 Å².